The van der Waals surface area contributed by atoms with Crippen LogP contribution >= 0.6 is 0 Å². The normalized spacial score (nSPS) is 11.9. The highest BCUT2D eigenvalue weighted by molar-refractivity contribution is 5.82. The van der Waals surface area contributed by atoms with E-state index in [1.165, 1.54) is 6.92 Å². The van der Waals surface area contributed by atoms with Gasteiger partial charge >= 0.3 is 0 Å². The second-order valence-corrected chi connectivity index (χ2v) is 3.40. The van der Waals surface area contributed by atoms with Crippen LogP contribution < -0.4 is 0 Å². The zero-order chi connectivity index (χ0) is 10.2. The van der Waals surface area contributed by atoms with Crippen LogP contribution in [0.2, 0.25) is 0 Å². The molecule has 2 N–H and O–H groups in total. The van der Waals surface area contributed by atoms with Gasteiger partial charge in [-0.3, -0.25) is 4.98 Å². The van der Waals surface area contributed by atoms with Crippen molar-refractivity contribution in [2.24, 2.45) is 0 Å². The van der Waals surface area contributed by atoms with Crippen LogP contribution in [0.15, 0.2) is 36.5 Å². The zero-order valence-electron chi connectivity index (χ0n) is 7.81. The Balaban J connectivity index is 2.78. The van der Waals surface area contributed by atoms with Crippen LogP contribution in [0.3, 0.4) is 0 Å². The summed E-state index contributed by atoms with van der Waals surface area (Å²) in [5.41, 5.74) is 1.24. The van der Waals surface area contributed by atoms with Crippen molar-refractivity contribution in [3.63, 3.8) is 0 Å². The molecule has 0 aliphatic carbocycles. The lowest BCUT2D eigenvalue weighted by atomic mass is 10.0. The summed E-state index contributed by atoms with van der Waals surface area (Å²) in [4.78, 5) is 4.13. The molecule has 1 aromatic heterocycles. The number of nitrogens with zero attached hydrogens (tertiary/aromatic N) is 1. The quantitative estimate of drug-likeness (QED) is 0.666. The minimum Gasteiger partial charge on any atom is -0.362 e. The number of aliphatic hydroxyl groups is 2. The van der Waals surface area contributed by atoms with Gasteiger partial charge in [-0.2, -0.15) is 0 Å². The van der Waals surface area contributed by atoms with Crippen LogP contribution in [-0.4, -0.2) is 15.2 Å². The molecule has 0 fully saturated rings. The Hall–Kier alpha value is -1.45. The number of para-hydroxylation sites is 1. The molecule has 2 rings (SSSR count). The summed E-state index contributed by atoms with van der Waals surface area (Å²) in [7, 11) is 0. The Bertz CT molecular complexity index is 455. The summed E-state index contributed by atoms with van der Waals surface area (Å²) < 4.78 is 0. The number of hydrogen-bond donors (Lipinski definition) is 2. The van der Waals surface area contributed by atoms with E-state index < -0.39 is 5.79 Å². The van der Waals surface area contributed by atoms with E-state index in [4.69, 9.17) is 0 Å². The minimum atomic E-state index is -1.82. The van der Waals surface area contributed by atoms with Gasteiger partial charge in [0.25, 0.3) is 0 Å². The number of benzene rings is 1. The fraction of sp³-hybridized carbons (Fsp3) is 0.182. The van der Waals surface area contributed by atoms with E-state index >= 15 is 0 Å². The first-order valence-corrected chi connectivity index (χ1v) is 4.38. The summed E-state index contributed by atoms with van der Waals surface area (Å²) >= 11 is 0. The van der Waals surface area contributed by atoms with Crippen molar-refractivity contribution in [3.8, 4) is 0 Å². The Kier molecular flexibility index (Phi) is 1.98. The second kappa shape index (κ2) is 3.04. The minimum absolute atomic E-state index is 0.475. The van der Waals surface area contributed by atoms with Crippen LogP contribution in [0.4, 0.5) is 0 Å². The number of rotatable bonds is 1. The maximum absolute atomic E-state index is 9.51. The summed E-state index contributed by atoms with van der Waals surface area (Å²) in [5.74, 6) is -1.82. The molecule has 0 saturated heterocycles. The lowest BCUT2D eigenvalue weighted by Gasteiger charge is -2.17. The van der Waals surface area contributed by atoms with Gasteiger partial charge < -0.3 is 10.2 Å². The van der Waals surface area contributed by atoms with Gasteiger partial charge in [0.05, 0.1) is 5.52 Å². The Morgan fingerprint density at radius 1 is 1.14 bits per heavy atom. The highest BCUT2D eigenvalue weighted by Gasteiger charge is 2.20. The van der Waals surface area contributed by atoms with E-state index in [1.807, 2.05) is 24.3 Å². The number of pyridine rings is 1. The van der Waals surface area contributed by atoms with Gasteiger partial charge in [0, 0.05) is 17.1 Å². The van der Waals surface area contributed by atoms with E-state index in [9.17, 15) is 10.2 Å². The molecule has 3 heteroatoms. The van der Waals surface area contributed by atoms with Gasteiger partial charge in [0.1, 0.15) is 0 Å². The van der Waals surface area contributed by atoms with Gasteiger partial charge in [-0.1, -0.05) is 18.2 Å². The number of fused-ring (bicyclic) bond motifs is 1. The second-order valence-electron chi connectivity index (χ2n) is 3.40. The third-order valence-electron chi connectivity index (χ3n) is 2.16. The average Bonchev–Trinajstić information content (AvgIpc) is 2.15. The highest BCUT2D eigenvalue weighted by atomic mass is 16.5. The van der Waals surface area contributed by atoms with E-state index in [-0.39, 0.29) is 0 Å². The lowest BCUT2D eigenvalue weighted by molar-refractivity contribution is -0.151. The molecular weight excluding hydrogens is 178 g/mol. The Labute approximate surface area is 81.7 Å². The molecule has 14 heavy (non-hydrogen) atoms. The van der Waals surface area contributed by atoms with Crippen molar-refractivity contribution in [3.05, 3.63) is 42.1 Å². The maximum Gasteiger partial charge on any atom is 0.187 e. The molecule has 0 radical (unpaired) electrons. The predicted octanol–water partition coefficient (Wildman–Crippen LogP) is 1.39. The standard InChI is InChI=1S/C11H11NO2/c1-11(13,14)9-6-7-12-10-5-3-2-4-8(9)10/h2-7,13-14H,1H3. The molecule has 0 aliphatic heterocycles. The molecule has 0 aliphatic rings. The third-order valence-corrected chi connectivity index (χ3v) is 2.16. The van der Waals surface area contributed by atoms with Gasteiger partial charge in [-0.05, 0) is 19.1 Å². The van der Waals surface area contributed by atoms with Gasteiger partial charge in [0.2, 0.25) is 0 Å². The monoisotopic (exact) mass is 189 g/mol. The van der Waals surface area contributed by atoms with Crippen LogP contribution in [-0.2, 0) is 5.79 Å². The molecule has 3 nitrogen and oxygen atoms in total. The summed E-state index contributed by atoms with van der Waals surface area (Å²) in [6.45, 7) is 1.34. The Morgan fingerprint density at radius 3 is 2.57 bits per heavy atom. The first kappa shape index (κ1) is 9.12. The fourth-order valence-electron chi connectivity index (χ4n) is 1.51. The van der Waals surface area contributed by atoms with E-state index in [2.05, 4.69) is 4.98 Å². The number of aromatic nitrogens is 1. The molecule has 0 amide bonds. The SMILES string of the molecule is CC(O)(O)c1ccnc2ccccc12. The topological polar surface area (TPSA) is 53.4 Å². The molecule has 0 saturated carbocycles. The molecule has 0 atom stereocenters. The predicted molar refractivity (Wildman–Crippen MR) is 53.5 cm³/mol. The molecule has 72 valence electrons. The third kappa shape index (κ3) is 1.47. The summed E-state index contributed by atoms with van der Waals surface area (Å²) in [5, 5.41) is 19.8. The van der Waals surface area contributed by atoms with Crippen LogP contribution in [0.1, 0.15) is 12.5 Å². The Morgan fingerprint density at radius 2 is 1.86 bits per heavy atom. The number of hydrogen-bond acceptors (Lipinski definition) is 3. The highest BCUT2D eigenvalue weighted by Crippen LogP contribution is 2.24. The first-order chi connectivity index (χ1) is 6.59. The average molecular weight is 189 g/mol. The molecule has 0 spiro atoms. The van der Waals surface area contributed by atoms with Crippen molar-refractivity contribution < 1.29 is 10.2 Å². The molecule has 1 heterocycles. The van der Waals surface area contributed by atoms with Gasteiger partial charge in [-0.25, -0.2) is 0 Å². The summed E-state index contributed by atoms with van der Waals surface area (Å²) in [6.07, 6.45) is 1.57. The molecule has 2 aromatic rings. The zero-order valence-corrected chi connectivity index (χ0v) is 7.81. The molecule has 1 aromatic carbocycles. The largest absolute Gasteiger partial charge is 0.362 e. The summed E-state index contributed by atoms with van der Waals surface area (Å²) in [6, 6.07) is 8.99. The van der Waals surface area contributed by atoms with E-state index in [0.717, 1.165) is 10.9 Å². The van der Waals surface area contributed by atoms with Gasteiger partial charge in [0.15, 0.2) is 5.79 Å². The van der Waals surface area contributed by atoms with Crippen molar-refractivity contribution in [1.29, 1.82) is 0 Å². The molecular formula is C11H11NO2. The van der Waals surface area contributed by atoms with Crippen LogP contribution in [0, 0.1) is 0 Å². The molecule has 0 bridgehead atoms. The maximum atomic E-state index is 9.51. The van der Waals surface area contributed by atoms with Crippen molar-refractivity contribution >= 4 is 10.9 Å². The van der Waals surface area contributed by atoms with Crippen molar-refractivity contribution in [1.82, 2.24) is 4.98 Å². The van der Waals surface area contributed by atoms with Crippen molar-refractivity contribution in [2.45, 2.75) is 12.7 Å². The first-order valence-electron chi connectivity index (χ1n) is 4.38. The van der Waals surface area contributed by atoms with Crippen molar-refractivity contribution in [2.75, 3.05) is 0 Å². The smallest absolute Gasteiger partial charge is 0.187 e. The van der Waals surface area contributed by atoms with E-state index in [1.54, 1.807) is 12.3 Å². The van der Waals surface area contributed by atoms with E-state index in [0.29, 0.717) is 5.56 Å². The van der Waals surface area contributed by atoms with Crippen LogP contribution in [0.5, 0.6) is 0 Å². The van der Waals surface area contributed by atoms with Crippen LogP contribution in [0.25, 0.3) is 10.9 Å². The van der Waals surface area contributed by atoms with Gasteiger partial charge in [-0.15, -0.1) is 0 Å². The lowest BCUT2D eigenvalue weighted by Crippen LogP contribution is -2.20. The molecule has 0 unspecified atom stereocenters. The fourth-order valence-corrected chi connectivity index (χ4v) is 1.51.